The fourth-order valence-corrected chi connectivity index (χ4v) is 15.3. The Bertz CT molecular complexity index is 6030. The van der Waals surface area contributed by atoms with Crippen molar-refractivity contribution in [3.8, 4) is 56.0 Å². The summed E-state index contributed by atoms with van der Waals surface area (Å²) in [5.74, 6) is 1.79. The topological polar surface area (TPSA) is 120 Å². The molecule has 3 heterocycles. The largest absolute Gasteiger partial charge is 0.526 e. The molecule has 0 spiro atoms. The first kappa shape index (κ1) is 67.2. The predicted molar refractivity (Wildman–Crippen MR) is 442 cm³/mol. The SMILES string of the molecule is Brc1cccc(-c2cc3ccccc3o2)c1.Brc1cccc(I)c1.OB(O)c1c2ccccc2c(-c2ccc3ccccc3c2)c2ccccc12.OB(O)c1cc2ccccc2o1.c1cc(-c2cc3ccccc3o2)cc(-c2c3ccccc3c(-c3ccc4ccccc4c3)c3ccccc23)c1. The van der Waals surface area contributed by atoms with E-state index in [-0.39, 0.29) is 5.66 Å². The van der Waals surface area contributed by atoms with Gasteiger partial charge in [-0.25, -0.2) is 0 Å². The van der Waals surface area contributed by atoms with Crippen LogP contribution in [-0.4, -0.2) is 34.3 Å². The van der Waals surface area contributed by atoms with E-state index in [9.17, 15) is 10.0 Å². The van der Waals surface area contributed by atoms with Crippen molar-refractivity contribution in [3.05, 3.63) is 358 Å². The molecule has 0 aliphatic heterocycles. The van der Waals surface area contributed by atoms with Crippen LogP contribution >= 0.6 is 54.5 Å². The molecule has 0 radical (unpaired) electrons. The number of benzene rings is 16. The molecule has 19 rings (SSSR count). The maximum Gasteiger partial charge on any atom is 0.526 e. The van der Waals surface area contributed by atoms with Crippen molar-refractivity contribution in [2.45, 2.75) is 0 Å². The third kappa shape index (κ3) is 14.4. The fraction of sp³-hybridized carbons (Fsp3) is 0. The van der Waals surface area contributed by atoms with E-state index in [0.29, 0.717) is 11.0 Å². The van der Waals surface area contributed by atoms with Gasteiger partial charge in [0.15, 0.2) is 0 Å². The van der Waals surface area contributed by atoms with Crippen molar-refractivity contribution in [1.82, 2.24) is 0 Å². The number of hydrogen-bond acceptors (Lipinski definition) is 7. The number of rotatable bonds is 7. The Morgan fingerprint density at radius 3 is 0.971 bits per heavy atom. The van der Waals surface area contributed by atoms with Crippen LogP contribution in [-0.2, 0) is 0 Å². The van der Waals surface area contributed by atoms with E-state index in [1.54, 1.807) is 12.1 Å². The molecule has 0 fully saturated rings. The Kier molecular flexibility index (Phi) is 20.0. The van der Waals surface area contributed by atoms with E-state index in [1.807, 2.05) is 133 Å². The predicted octanol–water partition coefficient (Wildman–Crippen LogP) is 23.4. The van der Waals surface area contributed by atoms with Crippen molar-refractivity contribution in [2.24, 2.45) is 0 Å². The molecule has 3 aromatic heterocycles. The van der Waals surface area contributed by atoms with Gasteiger partial charge in [-0.15, -0.1) is 0 Å². The molecule has 0 saturated heterocycles. The highest BCUT2D eigenvalue weighted by Crippen LogP contribution is 2.45. The van der Waals surface area contributed by atoms with E-state index in [2.05, 4.69) is 255 Å². The molecule has 102 heavy (non-hydrogen) atoms. The molecule has 0 atom stereocenters. The van der Waals surface area contributed by atoms with Gasteiger partial charge in [0.1, 0.15) is 33.9 Å². The van der Waals surface area contributed by atoms with E-state index < -0.39 is 14.2 Å². The summed E-state index contributed by atoms with van der Waals surface area (Å²) in [7, 11) is -3.05. The first-order valence-corrected chi connectivity index (χ1v) is 35.9. The van der Waals surface area contributed by atoms with Crippen LogP contribution in [0.1, 0.15) is 0 Å². The van der Waals surface area contributed by atoms with Crippen LogP contribution in [0.2, 0.25) is 0 Å². The molecule has 490 valence electrons. The Labute approximate surface area is 619 Å². The van der Waals surface area contributed by atoms with Gasteiger partial charge in [0, 0.05) is 39.8 Å². The van der Waals surface area contributed by atoms with Crippen molar-refractivity contribution >= 4 is 177 Å². The standard InChI is InChI=1S/C38H24O.C24H17BO2.C14H9BrO.C8H7BO3.C6H4BrI/c1-2-11-26-22-30(21-20-25(26)10-1)38-33-17-6-4-15-31(33)37(32-16-5-7-18-34(32)38)29-14-9-13-27(23-29)36-24-28-12-3-8-19-35(28)39-36;26-25(27)24-21-11-5-3-9-19(21)23(20-10-4-6-12-22(20)24)18-14-13-16-7-1-2-8-17(16)15-18;15-12-6-3-5-10(8-12)14-9-11-4-1-2-7-13(11)16-14;10-9(11)8-5-6-3-1-2-4-7(6)12-8;7-5-2-1-3-6(8)4-5/h1-24H;1-15,26-27H;1-9H;1-5,10-11H;1-4H. The van der Waals surface area contributed by atoms with E-state index in [0.717, 1.165) is 91.6 Å². The van der Waals surface area contributed by atoms with Gasteiger partial charge >= 0.3 is 14.2 Å². The highest BCUT2D eigenvalue weighted by Gasteiger charge is 2.23. The van der Waals surface area contributed by atoms with Crippen molar-refractivity contribution in [2.75, 3.05) is 0 Å². The summed E-state index contributed by atoms with van der Waals surface area (Å²) in [6, 6.07) is 118. The van der Waals surface area contributed by atoms with Gasteiger partial charge in [0.05, 0.1) is 0 Å². The van der Waals surface area contributed by atoms with E-state index in [1.165, 1.54) is 68.9 Å². The van der Waals surface area contributed by atoms with Gasteiger partial charge in [0.25, 0.3) is 0 Å². The Morgan fingerprint density at radius 2 is 0.578 bits per heavy atom. The summed E-state index contributed by atoms with van der Waals surface area (Å²) in [6.45, 7) is 0. The fourth-order valence-electron chi connectivity index (χ4n) is 13.5. The van der Waals surface area contributed by atoms with Gasteiger partial charge in [-0.3, -0.25) is 0 Å². The maximum atomic E-state index is 10.1. The molecule has 0 aliphatic rings. The summed E-state index contributed by atoms with van der Waals surface area (Å²) in [4.78, 5) is 0. The number of fused-ring (bicyclic) bond motifs is 9. The maximum absolute atomic E-state index is 10.1. The second kappa shape index (κ2) is 30.3. The highest BCUT2D eigenvalue weighted by atomic mass is 127. The first-order valence-electron chi connectivity index (χ1n) is 33.3. The molecule has 16 aromatic carbocycles. The molecule has 0 bridgehead atoms. The van der Waals surface area contributed by atoms with Crippen molar-refractivity contribution < 1.29 is 33.3 Å². The molecule has 0 unspecified atom stereocenters. The third-order valence-electron chi connectivity index (χ3n) is 18.1. The van der Waals surface area contributed by atoms with Crippen molar-refractivity contribution in [3.63, 3.8) is 0 Å². The molecule has 19 aromatic rings. The molecule has 0 amide bonds. The number of furan rings is 3. The van der Waals surface area contributed by atoms with E-state index in [4.69, 9.17) is 23.3 Å². The average Bonchev–Trinajstić information content (AvgIpc) is 1.11. The lowest BCUT2D eigenvalue weighted by Crippen LogP contribution is -2.31. The molecule has 4 N–H and O–H groups in total. The second-order valence-corrected chi connectivity index (χ2v) is 27.7. The monoisotopic (exact) mass is 1560 g/mol. The minimum absolute atomic E-state index is 0.177. The summed E-state index contributed by atoms with van der Waals surface area (Å²) in [6.07, 6.45) is 0. The van der Waals surface area contributed by atoms with Gasteiger partial charge in [-0.1, -0.05) is 293 Å². The lowest BCUT2D eigenvalue weighted by atomic mass is 9.72. The first-order chi connectivity index (χ1) is 50.0. The second-order valence-electron chi connectivity index (χ2n) is 24.6. The number of hydrogen-bond donors (Lipinski definition) is 4. The lowest BCUT2D eigenvalue weighted by Gasteiger charge is -2.18. The zero-order valence-corrected chi connectivity index (χ0v) is 60.0. The normalized spacial score (nSPS) is 11.1. The molecular formula is C90H61B2Br2IO7. The Morgan fingerprint density at radius 1 is 0.245 bits per heavy atom. The van der Waals surface area contributed by atoms with Crippen LogP contribution in [0.25, 0.3) is 154 Å². The number of halogens is 3. The van der Waals surface area contributed by atoms with Crippen LogP contribution in [0.5, 0.6) is 0 Å². The van der Waals surface area contributed by atoms with Gasteiger partial charge < -0.3 is 33.3 Å². The summed E-state index contributed by atoms with van der Waals surface area (Å²) in [5.41, 5.74) is 12.6. The van der Waals surface area contributed by atoms with Crippen LogP contribution in [0.15, 0.2) is 368 Å². The smallest absolute Gasteiger partial charge is 0.465 e. The third-order valence-corrected chi connectivity index (χ3v) is 19.8. The van der Waals surface area contributed by atoms with Crippen LogP contribution in [0.3, 0.4) is 0 Å². The minimum atomic E-state index is -1.53. The van der Waals surface area contributed by atoms with Crippen LogP contribution in [0, 0.1) is 3.57 Å². The average molecular weight is 1560 g/mol. The minimum Gasteiger partial charge on any atom is -0.465 e. The quantitative estimate of drug-likeness (QED) is 0.0713. The van der Waals surface area contributed by atoms with Gasteiger partial charge in [-0.2, -0.15) is 0 Å². The van der Waals surface area contributed by atoms with Crippen molar-refractivity contribution in [1.29, 1.82) is 0 Å². The Balaban J connectivity index is 0.000000115. The summed E-state index contributed by atoms with van der Waals surface area (Å²) < 4.78 is 20.6. The highest BCUT2D eigenvalue weighted by molar-refractivity contribution is 14.1. The molecule has 0 aliphatic carbocycles. The molecule has 12 heteroatoms. The molecular weight excluding hydrogens is 1500 g/mol. The molecule has 0 saturated carbocycles. The van der Waals surface area contributed by atoms with Gasteiger partial charge in [-0.05, 0) is 211 Å². The Hall–Kier alpha value is -10.6. The zero-order chi connectivity index (χ0) is 69.6. The zero-order valence-electron chi connectivity index (χ0n) is 54.7. The summed E-state index contributed by atoms with van der Waals surface area (Å²) in [5, 5.41) is 54.6. The van der Waals surface area contributed by atoms with Gasteiger partial charge in [0.2, 0.25) is 0 Å². The van der Waals surface area contributed by atoms with Crippen LogP contribution in [0.4, 0.5) is 0 Å². The van der Waals surface area contributed by atoms with E-state index >= 15 is 0 Å². The molecule has 7 nitrogen and oxygen atoms in total. The number of para-hydroxylation sites is 3. The lowest BCUT2D eigenvalue weighted by molar-refractivity contribution is 0.412. The summed E-state index contributed by atoms with van der Waals surface area (Å²) >= 11 is 9.09. The van der Waals surface area contributed by atoms with Crippen LogP contribution < -0.4 is 11.1 Å².